The average molecular weight is 322 g/mol. The van der Waals surface area contributed by atoms with Crippen molar-refractivity contribution in [1.29, 1.82) is 0 Å². The molecule has 0 fully saturated rings. The van der Waals surface area contributed by atoms with Crippen molar-refractivity contribution in [2.24, 2.45) is 0 Å². The number of rotatable bonds is 3. The fraction of sp³-hybridized carbons (Fsp3) is 0.294. The van der Waals surface area contributed by atoms with Gasteiger partial charge < -0.3 is 10.1 Å². The average Bonchev–Trinajstić information content (AvgIpc) is 2.91. The molecular weight excluding hydrogens is 305 g/mol. The third-order valence-corrected chi connectivity index (χ3v) is 4.53. The lowest BCUT2D eigenvalue weighted by Crippen LogP contribution is -2.18. The second-order valence-corrected chi connectivity index (χ2v) is 6.16. The predicted molar refractivity (Wildman–Crippen MR) is 87.7 cm³/mol. The summed E-state index contributed by atoms with van der Waals surface area (Å²) in [6.45, 7) is 2.73. The van der Waals surface area contributed by atoms with Gasteiger partial charge in [0.15, 0.2) is 0 Å². The fourth-order valence-electron chi connectivity index (χ4n) is 2.86. The van der Waals surface area contributed by atoms with Crippen LogP contribution in [-0.4, -0.2) is 13.7 Å². The molecule has 0 spiro atoms. The highest BCUT2D eigenvalue weighted by Crippen LogP contribution is 2.39. The summed E-state index contributed by atoms with van der Waals surface area (Å²) < 4.78 is 5.82. The van der Waals surface area contributed by atoms with Crippen molar-refractivity contribution in [3.05, 3.63) is 62.6 Å². The first kappa shape index (κ1) is 14.7. The highest BCUT2D eigenvalue weighted by atomic mass is 35.5. The number of halogens is 2. The molecule has 2 aromatic rings. The van der Waals surface area contributed by atoms with Crippen LogP contribution >= 0.6 is 23.2 Å². The van der Waals surface area contributed by atoms with Gasteiger partial charge in [-0.25, -0.2) is 0 Å². The van der Waals surface area contributed by atoms with Gasteiger partial charge in [0.2, 0.25) is 0 Å². The maximum atomic E-state index is 6.27. The normalized spacial score (nSPS) is 14.7. The van der Waals surface area contributed by atoms with E-state index >= 15 is 0 Å². The quantitative estimate of drug-likeness (QED) is 0.895. The van der Waals surface area contributed by atoms with Crippen LogP contribution in [0.4, 0.5) is 0 Å². The number of benzene rings is 2. The monoisotopic (exact) mass is 321 g/mol. The van der Waals surface area contributed by atoms with E-state index in [1.807, 2.05) is 38.2 Å². The molecule has 0 bridgehead atoms. The first-order valence-electron chi connectivity index (χ1n) is 6.98. The zero-order chi connectivity index (χ0) is 15.0. The molecule has 2 nitrogen and oxygen atoms in total. The van der Waals surface area contributed by atoms with E-state index in [9.17, 15) is 0 Å². The summed E-state index contributed by atoms with van der Waals surface area (Å²) in [6, 6.07) is 10.1. The topological polar surface area (TPSA) is 21.3 Å². The van der Waals surface area contributed by atoms with Gasteiger partial charge in [-0.1, -0.05) is 35.3 Å². The van der Waals surface area contributed by atoms with Crippen molar-refractivity contribution in [1.82, 2.24) is 5.32 Å². The molecule has 4 heteroatoms. The number of ether oxygens (including phenoxy) is 1. The Morgan fingerprint density at radius 2 is 2.00 bits per heavy atom. The SMILES string of the molecule is CNC(c1ccc(Cl)c(C)c1)c1cc(Cl)cc2c1OCC2. The van der Waals surface area contributed by atoms with Crippen LogP contribution in [0.2, 0.25) is 10.0 Å². The maximum Gasteiger partial charge on any atom is 0.127 e. The Morgan fingerprint density at radius 3 is 2.71 bits per heavy atom. The highest BCUT2D eigenvalue weighted by Gasteiger charge is 2.24. The van der Waals surface area contributed by atoms with E-state index < -0.39 is 0 Å². The first-order valence-corrected chi connectivity index (χ1v) is 7.74. The summed E-state index contributed by atoms with van der Waals surface area (Å²) in [5.74, 6) is 0.964. The van der Waals surface area contributed by atoms with Gasteiger partial charge in [-0.3, -0.25) is 0 Å². The molecule has 0 saturated heterocycles. The van der Waals surface area contributed by atoms with Crippen LogP contribution in [0.15, 0.2) is 30.3 Å². The van der Waals surface area contributed by atoms with Gasteiger partial charge in [0.05, 0.1) is 12.6 Å². The highest BCUT2D eigenvalue weighted by molar-refractivity contribution is 6.31. The Hall–Kier alpha value is -1.22. The summed E-state index contributed by atoms with van der Waals surface area (Å²) in [5.41, 5.74) is 4.48. The van der Waals surface area contributed by atoms with Gasteiger partial charge in [0, 0.05) is 22.0 Å². The molecule has 21 heavy (non-hydrogen) atoms. The Labute approximate surface area is 135 Å². The largest absolute Gasteiger partial charge is 0.493 e. The zero-order valence-electron chi connectivity index (χ0n) is 12.0. The lowest BCUT2D eigenvalue weighted by atomic mass is 9.95. The molecule has 2 aromatic carbocycles. The number of aryl methyl sites for hydroxylation is 1. The Kier molecular flexibility index (Phi) is 4.12. The van der Waals surface area contributed by atoms with E-state index in [2.05, 4.69) is 11.4 Å². The first-order chi connectivity index (χ1) is 10.1. The minimum atomic E-state index is 0.0338. The van der Waals surface area contributed by atoms with Crippen LogP contribution in [0.25, 0.3) is 0 Å². The van der Waals surface area contributed by atoms with Crippen molar-refractivity contribution in [2.75, 3.05) is 13.7 Å². The summed E-state index contributed by atoms with van der Waals surface area (Å²) in [4.78, 5) is 0. The number of nitrogens with one attached hydrogen (secondary N) is 1. The van der Waals surface area contributed by atoms with Crippen LogP contribution < -0.4 is 10.1 Å². The summed E-state index contributed by atoms with van der Waals surface area (Å²) in [6.07, 6.45) is 0.916. The van der Waals surface area contributed by atoms with Crippen LogP contribution in [0.1, 0.15) is 28.3 Å². The molecule has 0 radical (unpaired) electrons. The predicted octanol–water partition coefficient (Wildman–Crippen LogP) is 4.55. The second kappa shape index (κ2) is 5.88. The van der Waals surface area contributed by atoms with Gasteiger partial charge in [-0.15, -0.1) is 0 Å². The molecule has 1 atom stereocenters. The zero-order valence-corrected chi connectivity index (χ0v) is 13.6. The third kappa shape index (κ3) is 2.76. The Morgan fingerprint density at radius 1 is 1.19 bits per heavy atom. The van der Waals surface area contributed by atoms with Gasteiger partial charge in [-0.05, 0) is 48.9 Å². The fourth-order valence-corrected chi connectivity index (χ4v) is 3.23. The smallest absolute Gasteiger partial charge is 0.127 e. The molecule has 1 aliphatic rings. The van der Waals surface area contributed by atoms with Crippen LogP contribution in [-0.2, 0) is 6.42 Å². The molecule has 1 aliphatic heterocycles. The second-order valence-electron chi connectivity index (χ2n) is 5.31. The molecule has 0 saturated carbocycles. The van der Waals surface area contributed by atoms with Crippen molar-refractivity contribution in [3.8, 4) is 5.75 Å². The van der Waals surface area contributed by atoms with Crippen molar-refractivity contribution < 1.29 is 4.74 Å². The van der Waals surface area contributed by atoms with E-state index in [1.54, 1.807) is 0 Å². The molecule has 0 amide bonds. The van der Waals surface area contributed by atoms with Crippen molar-refractivity contribution in [3.63, 3.8) is 0 Å². The van der Waals surface area contributed by atoms with Crippen molar-refractivity contribution in [2.45, 2.75) is 19.4 Å². The number of fused-ring (bicyclic) bond motifs is 1. The molecule has 0 aliphatic carbocycles. The molecule has 3 rings (SSSR count). The Bertz CT molecular complexity index is 685. The lowest BCUT2D eigenvalue weighted by Gasteiger charge is -2.21. The molecule has 0 aromatic heterocycles. The third-order valence-electron chi connectivity index (χ3n) is 3.89. The minimum Gasteiger partial charge on any atom is -0.493 e. The summed E-state index contributed by atoms with van der Waals surface area (Å²) >= 11 is 12.4. The van der Waals surface area contributed by atoms with Gasteiger partial charge in [0.1, 0.15) is 5.75 Å². The molecular formula is C17H17Cl2NO. The number of hydrogen-bond acceptors (Lipinski definition) is 2. The van der Waals surface area contributed by atoms with Crippen LogP contribution in [0.5, 0.6) is 5.75 Å². The van der Waals surface area contributed by atoms with E-state index in [0.717, 1.165) is 45.5 Å². The van der Waals surface area contributed by atoms with Gasteiger partial charge in [0.25, 0.3) is 0 Å². The van der Waals surface area contributed by atoms with Gasteiger partial charge in [-0.2, -0.15) is 0 Å². The lowest BCUT2D eigenvalue weighted by molar-refractivity contribution is 0.351. The van der Waals surface area contributed by atoms with Crippen molar-refractivity contribution >= 4 is 23.2 Å². The summed E-state index contributed by atoms with van der Waals surface area (Å²) in [5, 5.41) is 4.89. The van der Waals surface area contributed by atoms with Gasteiger partial charge >= 0.3 is 0 Å². The van der Waals surface area contributed by atoms with E-state index in [4.69, 9.17) is 27.9 Å². The molecule has 1 N–H and O–H groups in total. The van der Waals surface area contributed by atoms with Crippen LogP contribution in [0, 0.1) is 6.92 Å². The van der Waals surface area contributed by atoms with Crippen LogP contribution in [0.3, 0.4) is 0 Å². The molecule has 1 unspecified atom stereocenters. The van der Waals surface area contributed by atoms with E-state index in [0.29, 0.717) is 0 Å². The number of hydrogen-bond donors (Lipinski definition) is 1. The molecule has 1 heterocycles. The Balaban J connectivity index is 2.10. The standard InChI is InChI=1S/C17H17Cl2NO/c1-10-7-11(3-4-15(10)19)16(20-2)14-9-13(18)8-12-5-6-21-17(12)14/h3-4,7-9,16,20H,5-6H2,1-2H3. The minimum absolute atomic E-state index is 0.0338. The summed E-state index contributed by atoms with van der Waals surface area (Å²) in [7, 11) is 1.94. The van der Waals surface area contributed by atoms with E-state index in [1.165, 1.54) is 5.56 Å². The van der Waals surface area contributed by atoms with E-state index in [-0.39, 0.29) is 6.04 Å². The molecule has 110 valence electrons. The maximum absolute atomic E-state index is 6.27.